The molecule has 0 aliphatic carbocycles. The van der Waals surface area contributed by atoms with Crippen molar-refractivity contribution in [2.75, 3.05) is 12.9 Å². The molecule has 2 atom stereocenters. The lowest BCUT2D eigenvalue weighted by atomic mass is 10.1. The zero-order valence-electron chi connectivity index (χ0n) is 12.5. The average Bonchev–Trinajstić information content (AvgIpc) is 2.50. The molecule has 0 aromatic heterocycles. The number of carbonyl (C=O) groups is 2. The van der Waals surface area contributed by atoms with E-state index in [1.165, 1.54) is 7.11 Å². The van der Waals surface area contributed by atoms with Gasteiger partial charge in [0.1, 0.15) is 6.04 Å². The van der Waals surface area contributed by atoms with Gasteiger partial charge in [-0.2, -0.15) is 0 Å². The Kier molecular flexibility index (Phi) is 7.08. The molecule has 0 fully saturated rings. The normalized spacial score (nSPS) is 13.5. The van der Waals surface area contributed by atoms with Crippen LogP contribution in [-0.2, 0) is 25.1 Å². The Morgan fingerprint density at radius 3 is 2.38 bits per heavy atom. The highest BCUT2D eigenvalue weighted by atomic mass is 32.2. The smallest absolute Gasteiger partial charge is 0.328 e. The van der Waals surface area contributed by atoms with Gasteiger partial charge in [-0.05, 0) is 18.6 Å². The van der Waals surface area contributed by atoms with Gasteiger partial charge < -0.3 is 10.1 Å². The van der Waals surface area contributed by atoms with Gasteiger partial charge in [0.15, 0.2) is 0 Å². The number of rotatable bonds is 7. The Bertz CT molecular complexity index is 502. The summed E-state index contributed by atoms with van der Waals surface area (Å²) in [6.07, 6.45) is 0.270. The molecule has 0 aliphatic heterocycles. The summed E-state index contributed by atoms with van der Waals surface area (Å²) in [5.74, 6) is -0.691. The lowest BCUT2D eigenvalue weighted by Crippen LogP contribution is -2.44. The third-order valence-electron chi connectivity index (χ3n) is 2.92. The fraction of sp³-hybridized carbons (Fsp3) is 0.467. The molecule has 0 unspecified atom stereocenters. The van der Waals surface area contributed by atoms with Gasteiger partial charge >= 0.3 is 5.97 Å². The predicted octanol–water partition coefficient (Wildman–Crippen LogP) is 1.50. The van der Waals surface area contributed by atoms with Crippen molar-refractivity contribution in [3.05, 3.63) is 30.3 Å². The van der Waals surface area contributed by atoms with Crippen molar-refractivity contribution in [3.63, 3.8) is 0 Å². The van der Waals surface area contributed by atoms with Crippen LogP contribution in [0.4, 0.5) is 0 Å². The van der Waals surface area contributed by atoms with Crippen LogP contribution in [0.25, 0.3) is 0 Å². The maximum absolute atomic E-state index is 12.1. The third-order valence-corrected chi connectivity index (χ3v) is 4.33. The fourth-order valence-electron chi connectivity index (χ4n) is 1.64. The van der Waals surface area contributed by atoms with Crippen molar-refractivity contribution in [2.45, 2.75) is 31.2 Å². The molecule has 0 spiro atoms. The number of hydrogen-bond acceptors (Lipinski definition) is 4. The molecule has 1 rings (SSSR count). The minimum atomic E-state index is -1.21. The topological polar surface area (TPSA) is 72.5 Å². The van der Waals surface area contributed by atoms with Gasteiger partial charge in [-0.3, -0.25) is 9.00 Å². The zero-order valence-corrected chi connectivity index (χ0v) is 13.3. The van der Waals surface area contributed by atoms with Gasteiger partial charge in [-0.15, -0.1) is 0 Å². The van der Waals surface area contributed by atoms with Gasteiger partial charge in [-0.25, -0.2) is 4.79 Å². The molecule has 1 amide bonds. The van der Waals surface area contributed by atoms with Gasteiger partial charge in [0, 0.05) is 16.6 Å². The second-order valence-corrected chi connectivity index (χ2v) is 6.46. The average molecular weight is 311 g/mol. The highest BCUT2D eigenvalue weighted by molar-refractivity contribution is 7.85. The number of benzene rings is 1. The molecule has 0 heterocycles. The monoisotopic (exact) mass is 311 g/mol. The molecule has 0 radical (unpaired) electrons. The molecular formula is C15H21NO4S. The van der Waals surface area contributed by atoms with E-state index < -0.39 is 22.8 Å². The third kappa shape index (κ3) is 5.67. The highest BCUT2D eigenvalue weighted by Gasteiger charge is 2.23. The first kappa shape index (κ1) is 17.4. The van der Waals surface area contributed by atoms with Gasteiger partial charge in [0.2, 0.25) is 5.91 Å². The van der Waals surface area contributed by atoms with Crippen LogP contribution in [0.1, 0.15) is 20.3 Å². The molecule has 6 heteroatoms. The predicted molar refractivity (Wildman–Crippen MR) is 81.1 cm³/mol. The van der Waals surface area contributed by atoms with E-state index in [0.29, 0.717) is 4.90 Å². The summed E-state index contributed by atoms with van der Waals surface area (Å²) in [7, 11) is 0.0618. The molecular weight excluding hydrogens is 290 g/mol. The Hall–Kier alpha value is -1.69. The summed E-state index contributed by atoms with van der Waals surface area (Å²) in [5, 5.41) is 2.63. The summed E-state index contributed by atoms with van der Waals surface area (Å²) in [6, 6.07) is 8.25. The molecule has 0 bridgehead atoms. The number of hydrogen-bond donors (Lipinski definition) is 1. The van der Waals surface area contributed by atoms with E-state index in [9.17, 15) is 13.8 Å². The van der Waals surface area contributed by atoms with Crippen LogP contribution < -0.4 is 5.32 Å². The number of esters is 1. The van der Waals surface area contributed by atoms with Crippen LogP contribution >= 0.6 is 0 Å². The lowest BCUT2D eigenvalue weighted by Gasteiger charge is -2.17. The summed E-state index contributed by atoms with van der Waals surface area (Å²) >= 11 is 0. The van der Waals surface area contributed by atoms with Crippen molar-refractivity contribution >= 4 is 22.7 Å². The Labute approximate surface area is 127 Å². The molecule has 1 aromatic rings. The van der Waals surface area contributed by atoms with E-state index >= 15 is 0 Å². The fourth-order valence-corrected chi connectivity index (χ4v) is 2.79. The zero-order chi connectivity index (χ0) is 15.8. The maximum atomic E-state index is 12.1. The Morgan fingerprint density at radius 1 is 1.24 bits per heavy atom. The lowest BCUT2D eigenvalue weighted by molar-refractivity contribution is -0.145. The molecule has 1 aromatic carbocycles. The number of amides is 1. The van der Waals surface area contributed by atoms with Crippen molar-refractivity contribution in [3.8, 4) is 0 Å². The van der Waals surface area contributed by atoms with Crippen LogP contribution in [0.3, 0.4) is 0 Å². The largest absolute Gasteiger partial charge is 0.467 e. The van der Waals surface area contributed by atoms with Crippen LogP contribution in [0.2, 0.25) is 0 Å². The summed E-state index contributed by atoms with van der Waals surface area (Å²) in [6.45, 7) is 3.48. The molecule has 5 nitrogen and oxygen atoms in total. The second-order valence-electron chi connectivity index (χ2n) is 4.89. The SMILES string of the molecule is COC(=O)[C@@H](CC[S@@](=O)c1ccccc1)NC(=O)C(C)C. The highest BCUT2D eigenvalue weighted by Crippen LogP contribution is 2.09. The van der Waals surface area contributed by atoms with Gasteiger partial charge in [-0.1, -0.05) is 32.0 Å². The quantitative estimate of drug-likeness (QED) is 0.775. The van der Waals surface area contributed by atoms with Crippen molar-refractivity contribution < 1.29 is 18.5 Å². The van der Waals surface area contributed by atoms with Crippen LogP contribution in [0, 0.1) is 5.92 Å². The number of ether oxygens (including phenoxy) is 1. The van der Waals surface area contributed by atoms with Crippen molar-refractivity contribution in [1.82, 2.24) is 5.32 Å². The van der Waals surface area contributed by atoms with E-state index in [2.05, 4.69) is 10.1 Å². The molecule has 0 saturated heterocycles. The Balaban J connectivity index is 2.63. The molecule has 0 aliphatic rings. The number of nitrogens with one attached hydrogen (secondary N) is 1. The summed E-state index contributed by atoms with van der Waals surface area (Å²) in [5.41, 5.74) is 0. The molecule has 21 heavy (non-hydrogen) atoms. The molecule has 1 N–H and O–H groups in total. The minimum Gasteiger partial charge on any atom is -0.467 e. The van der Waals surface area contributed by atoms with Crippen LogP contribution in [0.15, 0.2) is 35.2 Å². The number of carbonyl (C=O) groups excluding carboxylic acids is 2. The first-order valence-electron chi connectivity index (χ1n) is 6.77. The van der Waals surface area contributed by atoms with Crippen molar-refractivity contribution in [2.24, 2.45) is 5.92 Å². The first-order valence-corrected chi connectivity index (χ1v) is 8.09. The summed E-state index contributed by atoms with van der Waals surface area (Å²) < 4.78 is 16.8. The van der Waals surface area contributed by atoms with Gasteiger partial charge in [0.25, 0.3) is 0 Å². The molecule has 0 saturated carbocycles. The Morgan fingerprint density at radius 2 is 1.86 bits per heavy atom. The van der Waals surface area contributed by atoms with Gasteiger partial charge in [0.05, 0.1) is 17.9 Å². The minimum absolute atomic E-state index is 0.225. The van der Waals surface area contributed by atoms with E-state index in [1.807, 2.05) is 18.2 Å². The maximum Gasteiger partial charge on any atom is 0.328 e. The standard InChI is InChI=1S/C15H21NO4S/c1-11(2)14(17)16-13(15(18)20-3)9-10-21(19)12-7-5-4-6-8-12/h4-8,11,13H,9-10H2,1-3H3,(H,16,17)/t13-,21-/m1/s1. The first-order chi connectivity index (χ1) is 9.95. The number of methoxy groups -OCH3 is 1. The van der Waals surface area contributed by atoms with E-state index in [0.717, 1.165) is 0 Å². The van der Waals surface area contributed by atoms with E-state index in [4.69, 9.17) is 0 Å². The van der Waals surface area contributed by atoms with E-state index in [-0.39, 0.29) is 24.0 Å². The second kappa shape index (κ2) is 8.56. The van der Waals surface area contributed by atoms with E-state index in [1.54, 1.807) is 26.0 Å². The van der Waals surface area contributed by atoms with Crippen molar-refractivity contribution in [1.29, 1.82) is 0 Å². The van der Waals surface area contributed by atoms with Crippen LogP contribution in [-0.4, -0.2) is 35.0 Å². The molecule has 116 valence electrons. The summed E-state index contributed by atoms with van der Waals surface area (Å²) in [4.78, 5) is 24.1. The van der Waals surface area contributed by atoms with Crippen LogP contribution in [0.5, 0.6) is 0 Å².